The molecule has 0 atom stereocenters. The van der Waals surface area contributed by atoms with Crippen LogP contribution in [0.15, 0.2) is 30.3 Å². The van der Waals surface area contributed by atoms with Crippen LogP contribution in [-0.4, -0.2) is 12.6 Å². The fraction of sp³-hybridized carbons (Fsp3) is 0.182. The van der Waals surface area contributed by atoms with Gasteiger partial charge in [0.1, 0.15) is 0 Å². The molecule has 0 unspecified atom stereocenters. The number of ether oxygens (including phenoxy) is 1. The van der Waals surface area contributed by atoms with Crippen molar-refractivity contribution >= 4 is 30.1 Å². The summed E-state index contributed by atoms with van der Waals surface area (Å²) in [5.41, 5.74) is 7.14. The molecule has 0 saturated carbocycles. The molecule has 82 valence electrons. The summed E-state index contributed by atoms with van der Waals surface area (Å²) in [6.45, 7) is 2.17. The molecule has 4 heteroatoms. The van der Waals surface area contributed by atoms with Gasteiger partial charge in [-0.2, -0.15) is 0 Å². The van der Waals surface area contributed by atoms with Gasteiger partial charge in [0.15, 0.2) is 0 Å². The van der Waals surface area contributed by atoms with Gasteiger partial charge < -0.3 is 10.5 Å². The van der Waals surface area contributed by atoms with Gasteiger partial charge in [-0.05, 0) is 30.7 Å². The number of hydrogen-bond acceptors (Lipinski definition) is 3. The van der Waals surface area contributed by atoms with E-state index in [1.165, 1.54) is 6.08 Å². The van der Waals surface area contributed by atoms with Gasteiger partial charge in [0.05, 0.1) is 6.61 Å². The lowest BCUT2D eigenvalue weighted by Crippen LogP contribution is -1.98. The van der Waals surface area contributed by atoms with Crippen LogP contribution < -0.4 is 5.73 Å². The van der Waals surface area contributed by atoms with Crippen molar-refractivity contribution in [2.45, 2.75) is 6.92 Å². The van der Waals surface area contributed by atoms with Crippen molar-refractivity contribution < 1.29 is 9.53 Å². The maximum absolute atomic E-state index is 10.9. The van der Waals surface area contributed by atoms with Crippen LogP contribution in [0.1, 0.15) is 12.5 Å². The summed E-state index contributed by atoms with van der Waals surface area (Å²) in [5.74, 6) is -0.329. The molecule has 0 radical (unpaired) electrons. The van der Waals surface area contributed by atoms with E-state index < -0.39 is 0 Å². The number of esters is 1. The molecule has 0 fully saturated rings. The number of hydrogen-bond donors (Lipinski definition) is 1. The van der Waals surface area contributed by atoms with E-state index in [4.69, 9.17) is 10.5 Å². The predicted octanol–water partition coefficient (Wildman–Crippen LogP) is 2.27. The molecule has 15 heavy (non-hydrogen) atoms. The molecule has 0 amide bonds. The third-order valence-corrected chi connectivity index (χ3v) is 1.63. The second kappa shape index (κ2) is 6.90. The highest BCUT2D eigenvalue weighted by atomic mass is 35.5. The number of halogens is 1. The number of carbonyl (C=O) groups excluding carboxylic acids is 1. The zero-order valence-electron chi connectivity index (χ0n) is 8.47. The molecule has 1 aromatic rings. The van der Waals surface area contributed by atoms with Gasteiger partial charge in [-0.25, -0.2) is 4.79 Å². The molecule has 0 aliphatic heterocycles. The van der Waals surface area contributed by atoms with E-state index in [1.54, 1.807) is 25.1 Å². The Bertz CT molecular complexity index is 333. The minimum absolute atomic E-state index is 0. The second-order valence-electron chi connectivity index (χ2n) is 2.75. The Labute approximate surface area is 95.3 Å². The number of rotatable bonds is 3. The van der Waals surface area contributed by atoms with E-state index in [0.29, 0.717) is 12.3 Å². The second-order valence-corrected chi connectivity index (χ2v) is 2.75. The standard InChI is InChI=1S/C11H13NO2.ClH/c1-2-14-11(13)8-5-9-3-6-10(12)7-4-9;/h3-8H,2,12H2,1H3;1H/b8-5+;. The van der Waals surface area contributed by atoms with Crippen molar-refractivity contribution in [1.82, 2.24) is 0 Å². The molecule has 0 saturated heterocycles. The zero-order chi connectivity index (χ0) is 10.4. The Balaban J connectivity index is 0.00000196. The quantitative estimate of drug-likeness (QED) is 0.490. The van der Waals surface area contributed by atoms with Gasteiger partial charge in [-0.1, -0.05) is 12.1 Å². The molecule has 0 bridgehead atoms. The SMILES string of the molecule is CCOC(=O)/C=C/c1ccc(N)cc1.Cl. The average molecular weight is 228 g/mol. The first-order chi connectivity index (χ1) is 6.72. The Hall–Kier alpha value is -1.48. The van der Waals surface area contributed by atoms with Crippen LogP contribution in [0.4, 0.5) is 5.69 Å². The lowest BCUT2D eigenvalue weighted by Gasteiger charge is -1.96. The Kier molecular flexibility index (Phi) is 6.22. The van der Waals surface area contributed by atoms with Crippen LogP contribution in [0.3, 0.4) is 0 Å². The molecular weight excluding hydrogens is 214 g/mol. The molecule has 0 heterocycles. The number of nitrogen functional groups attached to an aromatic ring is 1. The summed E-state index contributed by atoms with van der Waals surface area (Å²) in [5, 5.41) is 0. The molecular formula is C11H14ClNO2. The first-order valence-corrected chi connectivity index (χ1v) is 4.42. The highest BCUT2D eigenvalue weighted by Crippen LogP contribution is 2.06. The van der Waals surface area contributed by atoms with Crippen molar-refractivity contribution in [2.75, 3.05) is 12.3 Å². The summed E-state index contributed by atoms with van der Waals surface area (Å²) in [4.78, 5) is 10.9. The molecule has 1 aromatic carbocycles. The fourth-order valence-corrected chi connectivity index (χ4v) is 0.962. The third kappa shape index (κ3) is 5.08. The molecule has 0 aromatic heterocycles. The Morgan fingerprint density at radius 1 is 1.40 bits per heavy atom. The van der Waals surface area contributed by atoms with Gasteiger partial charge in [-0.3, -0.25) is 0 Å². The monoisotopic (exact) mass is 227 g/mol. The lowest BCUT2D eigenvalue weighted by atomic mass is 10.2. The van der Waals surface area contributed by atoms with E-state index in [1.807, 2.05) is 12.1 Å². The number of carbonyl (C=O) groups is 1. The fourth-order valence-electron chi connectivity index (χ4n) is 0.962. The molecule has 0 aliphatic rings. The normalized spacial score (nSPS) is 9.67. The van der Waals surface area contributed by atoms with Crippen LogP contribution in [-0.2, 0) is 9.53 Å². The summed E-state index contributed by atoms with van der Waals surface area (Å²) < 4.78 is 4.74. The van der Waals surface area contributed by atoms with Gasteiger partial charge in [-0.15, -0.1) is 12.4 Å². The van der Waals surface area contributed by atoms with E-state index in [-0.39, 0.29) is 18.4 Å². The number of benzene rings is 1. The smallest absolute Gasteiger partial charge is 0.330 e. The van der Waals surface area contributed by atoms with Crippen LogP contribution in [0, 0.1) is 0 Å². The number of nitrogens with two attached hydrogens (primary N) is 1. The summed E-state index contributed by atoms with van der Waals surface area (Å²) in [6.07, 6.45) is 3.09. The third-order valence-electron chi connectivity index (χ3n) is 1.63. The Morgan fingerprint density at radius 3 is 2.53 bits per heavy atom. The minimum Gasteiger partial charge on any atom is -0.463 e. The first kappa shape index (κ1) is 13.5. The highest BCUT2D eigenvalue weighted by molar-refractivity contribution is 5.87. The average Bonchev–Trinajstić information content (AvgIpc) is 2.17. The summed E-state index contributed by atoms with van der Waals surface area (Å²) >= 11 is 0. The minimum atomic E-state index is -0.329. The van der Waals surface area contributed by atoms with Gasteiger partial charge in [0.25, 0.3) is 0 Å². The van der Waals surface area contributed by atoms with E-state index in [0.717, 1.165) is 5.56 Å². The van der Waals surface area contributed by atoms with Crippen molar-refractivity contribution in [3.8, 4) is 0 Å². The topological polar surface area (TPSA) is 52.3 Å². The van der Waals surface area contributed by atoms with E-state index in [9.17, 15) is 4.79 Å². The molecule has 0 aliphatic carbocycles. The van der Waals surface area contributed by atoms with Gasteiger partial charge in [0.2, 0.25) is 0 Å². The molecule has 1 rings (SSSR count). The van der Waals surface area contributed by atoms with E-state index >= 15 is 0 Å². The maximum atomic E-state index is 10.9. The Morgan fingerprint density at radius 2 is 2.00 bits per heavy atom. The largest absolute Gasteiger partial charge is 0.463 e. The van der Waals surface area contributed by atoms with Gasteiger partial charge in [0, 0.05) is 11.8 Å². The van der Waals surface area contributed by atoms with Crippen molar-refractivity contribution in [3.63, 3.8) is 0 Å². The van der Waals surface area contributed by atoms with Crippen LogP contribution in [0.25, 0.3) is 6.08 Å². The van der Waals surface area contributed by atoms with Gasteiger partial charge >= 0.3 is 5.97 Å². The molecule has 2 N–H and O–H groups in total. The van der Waals surface area contributed by atoms with Crippen LogP contribution in [0.2, 0.25) is 0 Å². The molecule has 3 nitrogen and oxygen atoms in total. The van der Waals surface area contributed by atoms with Crippen molar-refractivity contribution in [2.24, 2.45) is 0 Å². The highest BCUT2D eigenvalue weighted by Gasteiger charge is 1.93. The predicted molar refractivity (Wildman–Crippen MR) is 63.8 cm³/mol. The maximum Gasteiger partial charge on any atom is 0.330 e. The zero-order valence-corrected chi connectivity index (χ0v) is 9.29. The number of anilines is 1. The van der Waals surface area contributed by atoms with Crippen LogP contribution >= 0.6 is 12.4 Å². The molecule has 0 spiro atoms. The lowest BCUT2D eigenvalue weighted by molar-refractivity contribution is -0.137. The first-order valence-electron chi connectivity index (χ1n) is 4.42. The summed E-state index contributed by atoms with van der Waals surface area (Å²) in [7, 11) is 0. The summed E-state index contributed by atoms with van der Waals surface area (Å²) in [6, 6.07) is 7.24. The van der Waals surface area contributed by atoms with Crippen LogP contribution in [0.5, 0.6) is 0 Å². The van der Waals surface area contributed by atoms with E-state index in [2.05, 4.69) is 0 Å². The van der Waals surface area contributed by atoms with Crippen molar-refractivity contribution in [3.05, 3.63) is 35.9 Å². The van der Waals surface area contributed by atoms with Crippen molar-refractivity contribution in [1.29, 1.82) is 0 Å².